The zero-order chi connectivity index (χ0) is 13.2. The molecular weight excluding hydrogens is 248 g/mol. The summed E-state index contributed by atoms with van der Waals surface area (Å²) < 4.78 is 22.4. The molecule has 0 bridgehead atoms. The van der Waals surface area contributed by atoms with Gasteiger partial charge in [0.15, 0.2) is 6.10 Å². The maximum Gasteiger partial charge on any atom is 0.249 e. The molecule has 0 spiro atoms. The SMILES string of the molecule is NC(=O)C(O)C(O)c1ccccc1S(N)(=O)=O. The lowest BCUT2D eigenvalue weighted by Gasteiger charge is -2.17. The van der Waals surface area contributed by atoms with E-state index in [1.165, 1.54) is 18.2 Å². The zero-order valence-electron chi connectivity index (χ0n) is 8.65. The van der Waals surface area contributed by atoms with Crippen LogP contribution in [0.2, 0.25) is 0 Å². The summed E-state index contributed by atoms with van der Waals surface area (Å²) in [5.41, 5.74) is 4.62. The van der Waals surface area contributed by atoms with Crippen LogP contribution < -0.4 is 10.9 Å². The van der Waals surface area contributed by atoms with Crippen LogP contribution in [0.15, 0.2) is 29.2 Å². The van der Waals surface area contributed by atoms with Crippen molar-refractivity contribution in [2.24, 2.45) is 10.9 Å². The lowest BCUT2D eigenvalue weighted by Crippen LogP contribution is -2.34. The van der Waals surface area contributed by atoms with Crippen molar-refractivity contribution in [2.75, 3.05) is 0 Å². The zero-order valence-corrected chi connectivity index (χ0v) is 9.46. The van der Waals surface area contributed by atoms with Crippen molar-refractivity contribution in [3.63, 3.8) is 0 Å². The predicted octanol–water partition coefficient (Wildman–Crippen LogP) is -1.79. The first kappa shape index (κ1) is 13.6. The molecule has 2 unspecified atom stereocenters. The first-order valence-electron chi connectivity index (χ1n) is 4.52. The first-order chi connectivity index (χ1) is 7.75. The summed E-state index contributed by atoms with van der Waals surface area (Å²) in [6.07, 6.45) is -3.65. The van der Waals surface area contributed by atoms with Crippen LogP contribution in [-0.2, 0) is 14.8 Å². The fourth-order valence-electron chi connectivity index (χ4n) is 1.31. The molecule has 17 heavy (non-hydrogen) atoms. The van der Waals surface area contributed by atoms with Crippen molar-refractivity contribution in [1.82, 2.24) is 0 Å². The predicted molar refractivity (Wildman–Crippen MR) is 58.0 cm³/mol. The average molecular weight is 260 g/mol. The van der Waals surface area contributed by atoms with E-state index in [1.54, 1.807) is 0 Å². The van der Waals surface area contributed by atoms with Gasteiger partial charge in [-0.15, -0.1) is 0 Å². The van der Waals surface area contributed by atoms with E-state index in [0.29, 0.717) is 0 Å². The molecule has 1 aromatic rings. The number of carbonyl (C=O) groups is 1. The Morgan fingerprint density at radius 3 is 2.24 bits per heavy atom. The van der Waals surface area contributed by atoms with Gasteiger partial charge >= 0.3 is 0 Å². The minimum absolute atomic E-state index is 0.179. The van der Waals surface area contributed by atoms with E-state index in [2.05, 4.69) is 0 Å². The van der Waals surface area contributed by atoms with E-state index < -0.39 is 28.1 Å². The number of primary amides is 1. The molecule has 1 aromatic carbocycles. The molecule has 0 aliphatic heterocycles. The Bertz CT molecular complexity index is 528. The number of benzene rings is 1. The standard InChI is InChI=1S/C9H12N2O5S/c10-9(14)8(13)7(12)5-3-1-2-4-6(5)17(11,15)16/h1-4,7-8,12-13H,(H2,10,14)(H2,11,15,16). The first-order valence-corrected chi connectivity index (χ1v) is 6.07. The van der Waals surface area contributed by atoms with Crippen LogP contribution in [0.5, 0.6) is 0 Å². The van der Waals surface area contributed by atoms with E-state index in [1.807, 2.05) is 0 Å². The van der Waals surface area contributed by atoms with Gasteiger partial charge < -0.3 is 15.9 Å². The molecule has 8 heteroatoms. The molecule has 0 aliphatic carbocycles. The fourth-order valence-corrected chi connectivity index (χ4v) is 2.10. The third-order valence-corrected chi connectivity index (χ3v) is 3.12. The summed E-state index contributed by atoms with van der Waals surface area (Å²) in [6, 6.07) is 5.21. The topological polar surface area (TPSA) is 144 Å². The molecule has 0 fully saturated rings. The minimum Gasteiger partial charge on any atom is -0.385 e. The third-order valence-electron chi connectivity index (χ3n) is 2.13. The van der Waals surface area contributed by atoms with Crippen LogP contribution in [0.3, 0.4) is 0 Å². The summed E-state index contributed by atoms with van der Waals surface area (Å²) in [7, 11) is -4.06. The maximum atomic E-state index is 11.2. The highest BCUT2D eigenvalue weighted by Gasteiger charge is 2.27. The summed E-state index contributed by atoms with van der Waals surface area (Å²) >= 11 is 0. The lowest BCUT2D eigenvalue weighted by atomic mass is 10.0. The number of rotatable bonds is 4. The molecule has 0 radical (unpaired) electrons. The van der Waals surface area contributed by atoms with Crippen LogP contribution in [0.4, 0.5) is 0 Å². The largest absolute Gasteiger partial charge is 0.385 e. The molecule has 6 N–H and O–H groups in total. The van der Waals surface area contributed by atoms with Crippen molar-refractivity contribution in [3.8, 4) is 0 Å². The van der Waals surface area contributed by atoms with Gasteiger partial charge in [-0.1, -0.05) is 18.2 Å². The van der Waals surface area contributed by atoms with Gasteiger partial charge in [-0.05, 0) is 6.07 Å². The third kappa shape index (κ3) is 3.01. The minimum atomic E-state index is -4.06. The summed E-state index contributed by atoms with van der Waals surface area (Å²) in [6.45, 7) is 0. The quantitative estimate of drug-likeness (QED) is 0.505. The molecule has 1 rings (SSSR count). The molecule has 0 heterocycles. The Morgan fingerprint density at radius 1 is 1.24 bits per heavy atom. The highest BCUT2D eigenvalue weighted by molar-refractivity contribution is 7.89. The van der Waals surface area contributed by atoms with Crippen LogP contribution in [0.25, 0.3) is 0 Å². The normalized spacial score (nSPS) is 15.2. The number of hydrogen-bond donors (Lipinski definition) is 4. The van der Waals surface area contributed by atoms with E-state index >= 15 is 0 Å². The van der Waals surface area contributed by atoms with Gasteiger partial charge in [-0.25, -0.2) is 13.6 Å². The Balaban J connectivity index is 3.28. The Hall–Kier alpha value is -1.48. The second kappa shape index (κ2) is 4.80. The molecule has 0 saturated carbocycles. The Labute approximate surface area is 97.7 Å². The summed E-state index contributed by atoms with van der Waals surface area (Å²) in [4.78, 5) is 10.3. The van der Waals surface area contributed by atoms with E-state index in [-0.39, 0.29) is 10.5 Å². The molecule has 0 saturated heterocycles. The van der Waals surface area contributed by atoms with Crippen LogP contribution in [-0.4, -0.2) is 30.6 Å². The molecular formula is C9H12N2O5S. The van der Waals surface area contributed by atoms with E-state index in [0.717, 1.165) is 6.07 Å². The van der Waals surface area contributed by atoms with Crippen molar-refractivity contribution >= 4 is 15.9 Å². The van der Waals surface area contributed by atoms with Crippen molar-refractivity contribution in [3.05, 3.63) is 29.8 Å². The number of hydrogen-bond acceptors (Lipinski definition) is 5. The number of sulfonamides is 1. The fraction of sp³-hybridized carbons (Fsp3) is 0.222. The van der Waals surface area contributed by atoms with Gasteiger partial charge in [-0.3, -0.25) is 4.79 Å². The highest BCUT2D eigenvalue weighted by atomic mass is 32.2. The smallest absolute Gasteiger partial charge is 0.249 e. The van der Waals surface area contributed by atoms with Crippen molar-refractivity contribution in [1.29, 1.82) is 0 Å². The van der Waals surface area contributed by atoms with Gasteiger partial charge in [0, 0.05) is 5.56 Å². The molecule has 2 atom stereocenters. The van der Waals surface area contributed by atoms with E-state index in [9.17, 15) is 23.4 Å². The van der Waals surface area contributed by atoms with Gasteiger partial charge in [0.1, 0.15) is 6.10 Å². The van der Waals surface area contributed by atoms with Crippen LogP contribution >= 0.6 is 0 Å². The van der Waals surface area contributed by atoms with Gasteiger partial charge in [0.2, 0.25) is 15.9 Å². The second-order valence-corrected chi connectivity index (χ2v) is 4.90. The summed E-state index contributed by atoms with van der Waals surface area (Å²) in [5.74, 6) is -1.17. The van der Waals surface area contributed by atoms with Gasteiger partial charge in [0.05, 0.1) is 4.90 Å². The number of nitrogens with two attached hydrogens (primary N) is 2. The molecule has 7 nitrogen and oxygen atoms in total. The molecule has 0 aromatic heterocycles. The monoisotopic (exact) mass is 260 g/mol. The summed E-state index contributed by atoms with van der Waals surface area (Å²) in [5, 5.41) is 23.8. The van der Waals surface area contributed by atoms with E-state index in [4.69, 9.17) is 10.9 Å². The average Bonchev–Trinajstić information content (AvgIpc) is 2.25. The maximum absolute atomic E-state index is 11.2. The van der Waals surface area contributed by atoms with Gasteiger partial charge in [-0.2, -0.15) is 0 Å². The van der Waals surface area contributed by atoms with Crippen molar-refractivity contribution in [2.45, 2.75) is 17.1 Å². The Morgan fingerprint density at radius 2 is 1.76 bits per heavy atom. The van der Waals surface area contributed by atoms with Gasteiger partial charge in [0.25, 0.3) is 0 Å². The van der Waals surface area contributed by atoms with Crippen molar-refractivity contribution < 1.29 is 23.4 Å². The lowest BCUT2D eigenvalue weighted by molar-refractivity contribution is -0.132. The number of carbonyl (C=O) groups excluding carboxylic acids is 1. The molecule has 94 valence electrons. The van der Waals surface area contributed by atoms with Crippen LogP contribution in [0.1, 0.15) is 11.7 Å². The number of aliphatic hydroxyl groups is 2. The number of primary sulfonamides is 1. The number of aliphatic hydroxyl groups excluding tert-OH is 2. The number of amides is 1. The van der Waals surface area contributed by atoms with Crippen LogP contribution in [0, 0.1) is 0 Å². The molecule has 0 aliphatic rings. The Kier molecular flexibility index (Phi) is 3.83. The molecule has 1 amide bonds. The highest BCUT2D eigenvalue weighted by Crippen LogP contribution is 2.23. The second-order valence-electron chi connectivity index (χ2n) is 3.37.